The molecule has 0 aliphatic rings. The van der Waals surface area contributed by atoms with Crippen molar-refractivity contribution in [2.75, 3.05) is 25.6 Å². The second kappa shape index (κ2) is 8.76. The molecule has 0 aliphatic carbocycles. The molecular weight excluding hydrogens is 280 g/mol. The first kappa shape index (κ1) is 17.6. The van der Waals surface area contributed by atoms with Gasteiger partial charge in [-0.05, 0) is 56.0 Å². The summed E-state index contributed by atoms with van der Waals surface area (Å²) in [5.41, 5.74) is 7.96. The molecule has 0 aliphatic heterocycles. The molecule has 1 rings (SSSR count). The Morgan fingerprint density at radius 1 is 1.43 bits per heavy atom. The van der Waals surface area contributed by atoms with Crippen molar-refractivity contribution in [2.24, 2.45) is 5.73 Å². The summed E-state index contributed by atoms with van der Waals surface area (Å²) in [6.45, 7) is 4.38. The normalized spacial score (nSPS) is 11.5. The van der Waals surface area contributed by atoms with Crippen LogP contribution in [0.1, 0.15) is 34.8 Å². The molecule has 0 spiro atoms. The highest BCUT2D eigenvalue weighted by Gasteiger charge is 2.17. The molecule has 1 aromatic rings. The number of carbonyl (C=O) groups is 1. The summed E-state index contributed by atoms with van der Waals surface area (Å²) in [7, 11) is 1.86. The minimum Gasteiger partial charge on any atom is -0.339 e. The number of nitrogens with two attached hydrogens (primary N) is 1. The highest BCUT2D eigenvalue weighted by atomic mass is 32.2. The average molecular weight is 304 g/mol. The molecule has 0 radical (unpaired) electrons. The van der Waals surface area contributed by atoms with Crippen LogP contribution in [-0.4, -0.2) is 42.4 Å². The van der Waals surface area contributed by atoms with Gasteiger partial charge in [0.15, 0.2) is 0 Å². The zero-order valence-electron chi connectivity index (χ0n) is 13.3. The van der Waals surface area contributed by atoms with Crippen molar-refractivity contribution < 1.29 is 4.79 Å². The Bertz CT molecular complexity index is 545. The monoisotopic (exact) mass is 304 g/mol. The molecule has 0 aromatic heterocycles. The van der Waals surface area contributed by atoms with E-state index in [0.717, 1.165) is 23.3 Å². The Balaban J connectivity index is 2.93. The highest BCUT2D eigenvalue weighted by molar-refractivity contribution is 7.98. The lowest BCUT2D eigenvalue weighted by Crippen LogP contribution is -2.35. The van der Waals surface area contributed by atoms with E-state index in [1.54, 1.807) is 11.8 Å². The summed E-state index contributed by atoms with van der Waals surface area (Å²) >= 11 is 1.80. The summed E-state index contributed by atoms with van der Waals surface area (Å²) in [4.78, 5) is 14.4. The van der Waals surface area contributed by atoms with E-state index in [9.17, 15) is 4.79 Å². The van der Waals surface area contributed by atoms with Gasteiger partial charge in [-0.1, -0.05) is 11.8 Å². The van der Waals surface area contributed by atoms with Crippen LogP contribution in [0.2, 0.25) is 0 Å². The first-order valence-electron chi connectivity index (χ1n) is 7.06. The van der Waals surface area contributed by atoms with E-state index in [-0.39, 0.29) is 11.9 Å². The Kier molecular flexibility index (Phi) is 7.35. The smallest absolute Gasteiger partial charge is 0.253 e. The maximum absolute atomic E-state index is 12.6. The summed E-state index contributed by atoms with van der Waals surface area (Å²) in [5, 5.41) is 0. The molecule has 1 atom stereocenters. The van der Waals surface area contributed by atoms with Crippen molar-refractivity contribution >= 4 is 17.7 Å². The van der Waals surface area contributed by atoms with Gasteiger partial charge in [-0.3, -0.25) is 4.79 Å². The van der Waals surface area contributed by atoms with E-state index in [4.69, 9.17) is 5.73 Å². The third-order valence-electron chi connectivity index (χ3n) is 3.38. The lowest BCUT2D eigenvalue weighted by Gasteiger charge is -2.25. The summed E-state index contributed by atoms with van der Waals surface area (Å²) in [6.07, 6.45) is 3.08. The number of nitrogens with zero attached hydrogens (tertiary/aromatic N) is 1. The Morgan fingerprint density at radius 2 is 2.14 bits per heavy atom. The third kappa shape index (κ3) is 5.45. The maximum Gasteiger partial charge on any atom is 0.253 e. The van der Waals surface area contributed by atoms with Gasteiger partial charge < -0.3 is 10.6 Å². The topological polar surface area (TPSA) is 46.3 Å². The van der Waals surface area contributed by atoms with E-state index in [0.29, 0.717) is 12.1 Å². The van der Waals surface area contributed by atoms with E-state index in [1.165, 1.54) is 0 Å². The molecule has 0 fully saturated rings. The molecule has 1 amide bonds. The van der Waals surface area contributed by atoms with Crippen LogP contribution in [0.3, 0.4) is 0 Å². The maximum atomic E-state index is 12.6. The van der Waals surface area contributed by atoms with Gasteiger partial charge in [0.25, 0.3) is 5.91 Å². The molecule has 2 N–H and O–H groups in total. The van der Waals surface area contributed by atoms with Crippen LogP contribution >= 0.6 is 11.8 Å². The number of thioether (sulfide) groups is 1. The van der Waals surface area contributed by atoms with Gasteiger partial charge in [0, 0.05) is 24.2 Å². The van der Waals surface area contributed by atoms with E-state index in [1.807, 2.05) is 37.1 Å². The predicted octanol–water partition coefficient (Wildman–Crippen LogP) is 2.52. The lowest BCUT2D eigenvalue weighted by atomic mass is 10.0. The van der Waals surface area contributed by atoms with E-state index in [2.05, 4.69) is 25.0 Å². The number of rotatable bonds is 5. The Hall–Kier alpha value is -1.44. The van der Waals surface area contributed by atoms with Crippen molar-refractivity contribution in [1.29, 1.82) is 0 Å². The molecule has 4 heteroatoms. The first-order valence-corrected chi connectivity index (χ1v) is 8.45. The van der Waals surface area contributed by atoms with Gasteiger partial charge >= 0.3 is 0 Å². The van der Waals surface area contributed by atoms with Crippen LogP contribution in [0.5, 0.6) is 0 Å². The second-order valence-electron chi connectivity index (χ2n) is 5.14. The van der Waals surface area contributed by atoms with E-state index >= 15 is 0 Å². The Labute approximate surface area is 132 Å². The van der Waals surface area contributed by atoms with Crippen LogP contribution in [0.25, 0.3) is 0 Å². The number of amides is 1. The molecule has 0 bridgehead atoms. The van der Waals surface area contributed by atoms with Gasteiger partial charge in [0.05, 0.1) is 6.54 Å². The molecular formula is C17H24N2OS. The quantitative estimate of drug-likeness (QED) is 0.850. The second-order valence-corrected chi connectivity index (χ2v) is 6.13. The van der Waals surface area contributed by atoms with Gasteiger partial charge in [-0.25, -0.2) is 0 Å². The highest BCUT2D eigenvalue weighted by Crippen LogP contribution is 2.14. The predicted molar refractivity (Wildman–Crippen MR) is 91.7 cm³/mol. The molecule has 1 unspecified atom stereocenters. The minimum atomic E-state index is 0.0445. The third-order valence-corrected chi connectivity index (χ3v) is 4.02. The molecule has 1 aromatic carbocycles. The molecule has 0 saturated carbocycles. The van der Waals surface area contributed by atoms with Gasteiger partial charge in [0.1, 0.15) is 0 Å². The fourth-order valence-electron chi connectivity index (χ4n) is 2.02. The molecule has 0 saturated heterocycles. The zero-order valence-corrected chi connectivity index (χ0v) is 14.1. The lowest BCUT2D eigenvalue weighted by molar-refractivity contribution is 0.0741. The molecule has 0 heterocycles. The molecule has 21 heavy (non-hydrogen) atoms. The van der Waals surface area contributed by atoms with Crippen LogP contribution < -0.4 is 5.73 Å². The van der Waals surface area contributed by atoms with Gasteiger partial charge in [0.2, 0.25) is 0 Å². The number of benzene rings is 1. The largest absolute Gasteiger partial charge is 0.339 e. The van der Waals surface area contributed by atoms with Gasteiger partial charge in [-0.2, -0.15) is 11.8 Å². The van der Waals surface area contributed by atoms with Crippen LogP contribution in [0.4, 0.5) is 0 Å². The van der Waals surface area contributed by atoms with E-state index < -0.39 is 0 Å². The number of hydrogen-bond acceptors (Lipinski definition) is 3. The first-order chi connectivity index (χ1) is 9.99. The number of carbonyl (C=O) groups excluding carboxylic acids is 1. The SMILES string of the molecule is CSCCC(C)N(C)C(=O)c1cc(C)cc(C#CCN)c1. The summed E-state index contributed by atoms with van der Waals surface area (Å²) in [6, 6.07) is 5.95. The van der Waals surface area contributed by atoms with Crippen LogP contribution in [0.15, 0.2) is 18.2 Å². The minimum absolute atomic E-state index is 0.0445. The Morgan fingerprint density at radius 3 is 2.76 bits per heavy atom. The van der Waals surface area contributed by atoms with Crippen molar-refractivity contribution in [3.05, 3.63) is 34.9 Å². The summed E-state index contributed by atoms with van der Waals surface area (Å²) in [5.74, 6) is 6.92. The number of hydrogen-bond donors (Lipinski definition) is 1. The van der Waals surface area contributed by atoms with Crippen molar-refractivity contribution in [3.8, 4) is 11.8 Å². The van der Waals surface area contributed by atoms with Crippen LogP contribution in [-0.2, 0) is 0 Å². The zero-order chi connectivity index (χ0) is 15.8. The number of aryl methyl sites for hydroxylation is 1. The fourth-order valence-corrected chi connectivity index (χ4v) is 2.59. The van der Waals surface area contributed by atoms with Crippen molar-refractivity contribution in [1.82, 2.24) is 4.90 Å². The average Bonchev–Trinajstić information content (AvgIpc) is 2.48. The standard InChI is InChI=1S/C17H24N2OS/c1-13-10-15(6-5-8-18)12-16(11-13)17(20)19(3)14(2)7-9-21-4/h10-12,14H,7-9,18H2,1-4H3. The molecule has 3 nitrogen and oxygen atoms in total. The molecule has 114 valence electrons. The summed E-state index contributed by atoms with van der Waals surface area (Å²) < 4.78 is 0. The van der Waals surface area contributed by atoms with Crippen molar-refractivity contribution in [2.45, 2.75) is 26.3 Å². The fraction of sp³-hybridized carbons (Fsp3) is 0.471. The van der Waals surface area contributed by atoms with Gasteiger partial charge in [-0.15, -0.1) is 0 Å². The van der Waals surface area contributed by atoms with Crippen molar-refractivity contribution in [3.63, 3.8) is 0 Å². The van der Waals surface area contributed by atoms with Crippen LogP contribution in [0, 0.1) is 18.8 Å².